The van der Waals surface area contributed by atoms with Crippen molar-refractivity contribution in [1.82, 2.24) is 10.2 Å². The third-order valence-electron chi connectivity index (χ3n) is 3.35. The lowest BCUT2D eigenvalue weighted by Gasteiger charge is -2.33. The van der Waals surface area contributed by atoms with Crippen LogP contribution in [0.25, 0.3) is 0 Å². The minimum atomic E-state index is -0.458. The van der Waals surface area contributed by atoms with E-state index in [9.17, 15) is 9.59 Å². The highest BCUT2D eigenvalue weighted by Gasteiger charge is 2.42. The molecule has 0 radical (unpaired) electrons. The van der Waals surface area contributed by atoms with Crippen LogP contribution >= 0.6 is 0 Å². The summed E-state index contributed by atoms with van der Waals surface area (Å²) in [5.41, 5.74) is 4.71. The molecule has 1 atom stereocenters. The number of amides is 2. The summed E-state index contributed by atoms with van der Waals surface area (Å²) >= 11 is 0. The molecule has 1 saturated heterocycles. The van der Waals surface area contributed by atoms with E-state index in [-0.39, 0.29) is 12.5 Å². The Balaban J connectivity index is 2.78. The number of nitrogens with two attached hydrogens (primary N) is 1. The minimum absolute atomic E-state index is 0.0163. The van der Waals surface area contributed by atoms with Gasteiger partial charge in [-0.1, -0.05) is 13.3 Å². The molecular formula is C12H23N3O2. The Labute approximate surface area is 103 Å². The fourth-order valence-corrected chi connectivity index (χ4v) is 2.55. The Hall–Kier alpha value is -1.10. The van der Waals surface area contributed by atoms with Crippen LogP contribution < -0.4 is 11.1 Å². The highest BCUT2D eigenvalue weighted by Crippen LogP contribution is 2.27. The van der Waals surface area contributed by atoms with Crippen LogP contribution in [-0.2, 0) is 9.59 Å². The Morgan fingerprint density at radius 1 is 1.41 bits per heavy atom. The first-order valence-corrected chi connectivity index (χ1v) is 6.38. The van der Waals surface area contributed by atoms with Gasteiger partial charge in [-0.2, -0.15) is 0 Å². The number of hydrogen-bond acceptors (Lipinski definition) is 3. The van der Waals surface area contributed by atoms with Crippen molar-refractivity contribution in [3.63, 3.8) is 0 Å². The van der Waals surface area contributed by atoms with Crippen LogP contribution in [0.5, 0.6) is 0 Å². The van der Waals surface area contributed by atoms with E-state index in [1.807, 2.05) is 6.92 Å². The van der Waals surface area contributed by atoms with Gasteiger partial charge in [0, 0.05) is 6.54 Å². The van der Waals surface area contributed by atoms with Gasteiger partial charge in [-0.05, 0) is 32.7 Å². The van der Waals surface area contributed by atoms with Gasteiger partial charge in [-0.15, -0.1) is 0 Å². The maximum absolute atomic E-state index is 12.5. The molecule has 0 saturated carbocycles. The van der Waals surface area contributed by atoms with Gasteiger partial charge < -0.3 is 16.0 Å². The molecule has 0 spiro atoms. The van der Waals surface area contributed by atoms with Crippen LogP contribution in [0.15, 0.2) is 0 Å². The van der Waals surface area contributed by atoms with Crippen molar-refractivity contribution in [3.05, 3.63) is 0 Å². The molecule has 0 aromatic heterocycles. The minimum Gasteiger partial charge on any atom is -0.368 e. The lowest BCUT2D eigenvalue weighted by atomic mass is 9.90. The predicted octanol–water partition coefficient (Wildman–Crippen LogP) is 0.243. The van der Waals surface area contributed by atoms with Crippen molar-refractivity contribution in [2.24, 2.45) is 5.73 Å². The first-order chi connectivity index (χ1) is 8.05. The zero-order chi connectivity index (χ0) is 12.9. The molecular weight excluding hydrogens is 218 g/mol. The molecule has 0 aromatic carbocycles. The largest absolute Gasteiger partial charge is 0.368 e. The summed E-state index contributed by atoms with van der Waals surface area (Å²) in [6, 6.07) is 0. The lowest BCUT2D eigenvalue weighted by Crippen LogP contribution is -2.56. The average molecular weight is 241 g/mol. The van der Waals surface area contributed by atoms with Gasteiger partial charge in [0.25, 0.3) is 0 Å². The van der Waals surface area contributed by atoms with E-state index in [4.69, 9.17) is 5.73 Å². The van der Waals surface area contributed by atoms with Crippen molar-refractivity contribution in [1.29, 1.82) is 0 Å². The summed E-state index contributed by atoms with van der Waals surface area (Å²) in [7, 11) is 0. The third-order valence-corrected chi connectivity index (χ3v) is 3.35. The second kappa shape index (κ2) is 6.00. The third kappa shape index (κ3) is 3.19. The number of nitrogens with zero attached hydrogens (tertiary/aromatic N) is 1. The van der Waals surface area contributed by atoms with Gasteiger partial charge in [-0.3, -0.25) is 9.59 Å². The van der Waals surface area contributed by atoms with Crippen LogP contribution in [-0.4, -0.2) is 41.9 Å². The van der Waals surface area contributed by atoms with Crippen LogP contribution in [0.4, 0.5) is 0 Å². The van der Waals surface area contributed by atoms with Gasteiger partial charge in [0.2, 0.25) is 11.8 Å². The summed E-state index contributed by atoms with van der Waals surface area (Å²) in [6.45, 7) is 5.35. The Kier molecular flexibility index (Phi) is 4.93. The zero-order valence-corrected chi connectivity index (χ0v) is 10.8. The van der Waals surface area contributed by atoms with Gasteiger partial charge in [-0.25, -0.2) is 0 Å². The fraction of sp³-hybridized carbons (Fsp3) is 0.833. The quantitative estimate of drug-likeness (QED) is 0.699. The average Bonchev–Trinajstić information content (AvgIpc) is 2.75. The number of primary amides is 1. The van der Waals surface area contributed by atoms with Gasteiger partial charge in [0.15, 0.2) is 0 Å². The zero-order valence-electron chi connectivity index (χ0n) is 10.8. The number of likely N-dealkylation sites (N-methyl/N-ethyl adjacent to an activating group) is 1. The predicted molar refractivity (Wildman–Crippen MR) is 66.3 cm³/mol. The number of rotatable bonds is 6. The Morgan fingerprint density at radius 3 is 2.53 bits per heavy atom. The standard InChI is InChI=1S/C12H23N3O2/c1-3-6-12(7-5-8-14-12)11(17)15(4-2)9-10(13)16/h14H,3-9H2,1-2H3,(H2,13,16). The van der Waals surface area contributed by atoms with Gasteiger partial charge in [0.1, 0.15) is 0 Å². The molecule has 0 aromatic rings. The van der Waals surface area contributed by atoms with Gasteiger partial charge in [0.05, 0.1) is 12.1 Å². The Bertz CT molecular complexity index is 285. The summed E-state index contributed by atoms with van der Waals surface area (Å²) in [5.74, 6) is -0.428. The van der Waals surface area contributed by atoms with Crippen LogP contribution in [0.3, 0.4) is 0 Å². The molecule has 1 aliphatic rings. The van der Waals surface area contributed by atoms with E-state index in [1.165, 1.54) is 0 Å². The summed E-state index contributed by atoms with van der Waals surface area (Å²) in [5, 5.41) is 3.32. The second-order valence-corrected chi connectivity index (χ2v) is 4.65. The van der Waals surface area contributed by atoms with Crippen molar-refractivity contribution in [3.8, 4) is 0 Å². The molecule has 1 fully saturated rings. The van der Waals surface area contributed by atoms with Crippen LogP contribution in [0.1, 0.15) is 39.5 Å². The van der Waals surface area contributed by atoms with E-state index >= 15 is 0 Å². The Morgan fingerprint density at radius 2 is 2.12 bits per heavy atom. The molecule has 2 amide bonds. The molecule has 17 heavy (non-hydrogen) atoms. The number of hydrogen-bond donors (Lipinski definition) is 2. The van der Waals surface area contributed by atoms with E-state index in [0.29, 0.717) is 6.54 Å². The van der Waals surface area contributed by atoms with E-state index in [0.717, 1.165) is 32.2 Å². The highest BCUT2D eigenvalue weighted by atomic mass is 16.2. The van der Waals surface area contributed by atoms with E-state index in [1.54, 1.807) is 4.90 Å². The molecule has 1 aliphatic heterocycles. The monoisotopic (exact) mass is 241 g/mol. The van der Waals surface area contributed by atoms with E-state index < -0.39 is 11.4 Å². The summed E-state index contributed by atoms with van der Waals surface area (Å²) in [4.78, 5) is 25.0. The molecule has 98 valence electrons. The normalized spacial score (nSPS) is 23.6. The molecule has 3 N–H and O–H groups in total. The van der Waals surface area contributed by atoms with Crippen molar-refractivity contribution in [2.75, 3.05) is 19.6 Å². The topological polar surface area (TPSA) is 75.4 Å². The fourth-order valence-electron chi connectivity index (χ4n) is 2.55. The number of nitrogens with one attached hydrogen (secondary N) is 1. The van der Waals surface area contributed by atoms with E-state index in [2.05, 4.69) is 12.2 Å². The molecule has 1 rings (SSSR count). The maximum atomic E-state index is 12.5. The van der Waals surface area contributed by atoms with Crippen molar-refractivity contribution >= 4 is 11.8 Å². The summed E-state index contributed by atoms with van der Waals surface area (Å²) < 4.78 is 0. The molecule has 1 unspecified atom stereocenters. The molecule has 0 aliphatic carbocycles. The molecule has 0 bridgehead atoms. The first kappa shape index (κ1) is 14.0. The molecule has 5 heteroatoms. The molecule has 1 heterocycles. The first-order valence-electron chi connectivity index (χ1n) is 6.38. The summed E-state index contributed by atoms with van der Waals surface area (Å²) in [6.07, 6.45) is 3.64. The van der Waals surface area contributed by atoms with Crippen molar-refractivity contribution < 1.29 is 9.59 Å². The highest BCUT2D eigenvalue weighted by molar-refractivity contribution is 5.90. The number of carbonyl (C=O) groups is 2. The SMILES string of the molecule is CCCC1(C(=O)N(CC)CC(N)=O)CCCN1. The lowest BCUT2D eigenvalue weighted by molar-refractivity contribution is -0.140. The van der Waals surface area contributed by atoms with Gasteiger partial charge >= 0.3 is 0 Å². The number of carbonyl (C=O) groups excluding carboxylic acids is 2. The van der Waals surface area contributed by atoms with Crippen LogP contribution in [0, 0.1) is 0 Å². The maximum Gasteiger partial charge on any atom is 0.243 e. The second-order valence-electron chi connectivity index (χ2n) is 4.65. The molecule has 5 nitrogen and oxygen atoms in total. The smallest absolute Gasteiger partial charge is 0.243 e. The van der Waals surface area contributed by atoms with Crippen molar-refractivity contribution in [2.45, 2.75) is 45.1 Å². The van der Waals surface area contributed by atoms with Crippen LogP contribution in [0.2, 0.25) is 0 Å².